The maximum absolute atomic E-state index is 12.4. The van der Waals surface area contributed by atoms with Crippen molar-refractivity contribution < 1.29 is 17.9 Å². The second-order valence-corrected chi connectivity index (χ2v) is 12.3. The summed E-state index contributed by atoms with van der Waals surface area (Å²) >= 11 is 3.32. The van der Waals surface area contributed by atoms with Gasteiger partial charge >= 0.3 is 0 Å². The number of sulfone groups is 1. The molecule has 1 amide bonds. The molecule has 0 aliphatic carbocycles. The van der Waals surface area contributed by atoms with Gasteiger partial charge in [0.1, 0.15) is 0 Å². The summed E-state index contributed by atoms with van der Waals surface area (Å²) in [7, 11) is -1.52. The Bertz CT molecular complexity index is 1170. The zero-order valence-electron chi connectivity index (χ0n) is 18.0. The van der Waals surface area contributed by atoms with E-state index in [1.54, 1.807) is 42.3 Å². The number of thiazole rings is 1. The van der Waals surface area contributed by atoms with Crippen LogP contribution < -0.4 is 5.32 Å². The van der Waals surface area contributed by atoms with Crippen molar-refractivity contribution in [2.24, 2.45) is 0 Å². The molecule has 3 rings (SSSR count). The van der Waals surface area contributed by atoms with Gasteiger partial charge in [-0.2, -0.15) is 0 Å². The molecule has 0 radical (unpaired) electrons. The van der Waals surface area contributed by atoms with Crippen LogP contribution in [0.15, 0.2) is 51.7 Å². The summed E-state index contributed by atoms with van der Waals surface area (Å²) < 4.78 is 30.6. The number of rotatable bonds is 9. The zero-order valence-corrected chi connectivity index (χ0v) is 20.4. The minimum absolute atomic E-state index is 0.147. The van der Waals surface area contributed by atoms with Gasteiger partial charge in [-0.25, -0.2) is 13.4 Å². The van der Waals surface area contributed by atoms with Crippen molar-refractivity contribution in [3.8, 4) is 0 Å². The number of amides is 1. The summed E-state index contributed by atoms with van der Waals surface area (Å²) in [6.07, 6.45) is 2.26. The molecule has 1 heterocycles. The van der Waals surface area contributed by atoms with E-state index in [1.807, 2.05) is 18.2 Å². The van der Waals surface area contributed by atoms with Gasteiger partial charge in [0.15, 0.2) is 14.2 Å². The van der Waals surface area contributed by atoms with E-state index < -0.39 is 9.84 Å². The van der Waals surface area contributed by atoms with Crippen molar-refractivity contribution in [2.75, 3.05) is 24.4 Å². The molecule has 0 aliphatic heterocycles. The predicted molar refractivity (Wildman–Crippen MR) is 128 cm³/mol. The van der Waals surface area contributed by atoms with Gasteiger partial charge in [-0.1, -0.05) is 23.9 Å². The van der Waals surface area contributed by atoms with Crippen LogP contribution in [0.5, 0.6) is 0 Å². The molecular formula is C22H26N2O4S3. The van der Waals surface area contributed by atoms with Crippen molar-refractivity contribution in [3.63, 3.8) is 0 Å². The van der Waals surface area contributed by atoms with Crippen LogP contribution in [0.25, 0.3) is 10.2 Å². The Morgan fingerprint density at radius 2 is 1.90 bits per heavy atom. The number of benzene rings is 2. The molecule has 0 aliphatic rings. The summed E-state index contributed by atoms with van der Waals surface area (Å²) in [4.78, 5) is 17.3. The van der Waals surface area contributed by atoms with Gasteiger partial charge in [0.25, 0.3) is 0 Å². The largest absolute Gasteiger partial charge is 0.379 e. The highest BCUT2D eigenvalue weighted by Crippen LogP contribution is 2.32. The Morgan fingerprint density at radius 1 is 1.19 bits per heavy atom. The predicted octanol–water partition coefficient (Wildman–Crippen LogP) is 4.79. The quantitative estimate of drug-likeness (QED) is 0.445. The lowest BCUT2D eigenvalue weighted by atomic mass is 10.1. The maximum Gasteiger partial charge on any atom is 0.228 e. The fourth-order valence-corrected chi connectivity index (χ4v) is 5.83. The molecule has 0 spiro atoms. The number of methoxy groups -OCH3 is 1. The van der Waals surface area contributed by atoms with E-state index in [0.29, 0.717) is 5.69 Å². The Morgan fingerprint density at radius 3 is 2.55 bits per heavy atom. The van der Waals surface area contributed by atoms with Crippen LogP contribution in [0.4, 0.5) is 5.69 Å². The van der Waals surface area contributed by atoms with Crippen LogP contribution in [0.2, 0.25) is 0 Å². The van der Waals surface area contributed by atoms with Crippen molar-refractivity contribution in [2.45, 2.75) is 41.5 Å². The van der Waals surface area contributed by atoms with E-state index in [1.165, 1.54) is 12.1 Å². The number of ether oxygens (including phenoxy) is 1. The number of nitrogens with one attached hydrogen (secondary N) is 1. The van der Waals surface area contributed by atoms with Gasteiger partial charge in [0, 0.05) is 24.8 Å². The lowest BCUT2D eigenvalue weighted by Crippen LogP contribution is -2.22. The second kappa shape index (κ2) is 9.68. The lowest BCUT2D eigenvalue weighted by molar-refractivity contribution is -0.115. The minimum Gasteiger partial charge on any atom is -0.379 e. The number of carbonyl (C=O) groups is 1. The molecule has 1 aromatic heterocycles. The normalized spacial score (nSPS) is 12.3. The third-order valence-corrected chi connectivity index (χ3v) is 8.14. The number of hydrogen-bond donors (Lipinski definition) is 1. The fraction of sp³-hybridized carbons (Fsp3) is 0.364. The first-order valence-corrected chi connectivity index (χ1v) is 13.4. The molecule has 0 atom stereocenters. The first-order valence-electron chi connectivity index (χ1n) is 9.73. The van der Waals surface area contributed by atoms with Gasteiger partial charge in [-0.15, -0.1) is 11.3 Å². The van der Waals surface area contributed by atoms with E-state index >= 15 is 0 Å². The summed E-state index contributed by atoms with van der Waals surface area (Å²) in [6, 6.07) is 12.1. The molecule has 31 heavy (non-hydrogen) atoms. The smallest absolute Gasteiger partial charge is 0.228 e. The van der Waals surface area contributed by atoms with E-state index in [0.717, 1.165) is 38.5 Å². The lowest BCUT2D eigenvalue weighted by Gasteiger charge is -2.21. The van der Waals surface area contributed by atoms with Crippen molar-refractivity contribution in [3.05, 3.63) is 48.0 Å². The number of fused-ring (bicyclic) bond motifs is 1. The number of thioether (sulfide) groups is 1. The van der Waals surface area contributed by atoms with E-state index in [9.17, 15) is 13.2 Å². The first-order chi connectivity index (χ1) is 14.6. The van der Waals surface area contributed by atoms with Crippen LogP contribution in [0.3, 0.4) is 0 Å². The summed E-state index contributed by atoms with van der Waals surface area (Å²) in [6.45, 7) is 4.14. The first kappa shape index (κ1) is 23.7. The molecule has 0 fully saturated rings. The molecule has 1 N–H and O–H groups in total. The second-order valence-electron chi connectivity index (χ2n) is 7.87. The van der Waals surface area contributed by atoms with Gasteiger partial charge in [0.05, 0.1) is 27.1 Å². The highest BCUT2D eigenvalue weighted by atomic mass is 32.2. The summed E-state index contributed by atoms with van der Waals surface area (Å²) in [5, 5.41) is 2.91. The molecule has 166 valence electrons. The monoisotopic (exact) mass is 478 g/mol. The molecular weight excluding hydrogens is 452 g/mol. The van der Waals surface area contributed by atoms with Crippen molar-refractivity contribution >= 4 is 54.7 Å². The van der Waals surface area contributed by atoms with E-state index in [4.69, 9.17) is 4.74 Å². The summed E-state index contributed by atoms with van der Waals surface area (Å²) in [5.41, 5.74) is 2.23. The highest BCUT2D eigenvalue weighted by molar-refractivity contribution is 8.01. The van der Waals surface area contributed by atoms with Crippen LogP contribution in [0.1, 0.15) is 25.8 Å². The van der Waals surface area contributed by atoms with Crippen LogP contribution in [-0.2, 0) is 25.8 Å². The molecule has 0 saturated carbocycles. The van der Waals surface area contributed by atoms with Crippen LogP contribution in [0, 0.1) is 0 Å². The Labute approximate surface area is 191 Å². The van der Waals surface area contributed by atoms with Gasteiger partial charge in [-0.05, 0) is 56.2 Å². The van der Waals surface area contributed by atoms with Crippen LogP contribution in [-0.4, -0.2) is 44.0 Å². The van der Waals surface area contributed by atoms with Crippen LogP contribution >= 0.6 is 23.1 Å². The summed E-state index contributed by atoms with van der Waals surface area (Å²) in [5.74, 6) is 0.759. The Balaban J connectivity index is 1.60. The SMILES string of the molecule is COC(C)(C)CCSc1nc2ccc(NC(=O)Cc3ccc(S(C)(=O)=O)cc3)cc2s1. The molecule has 0 saturated heterocycles. The molecule has 3 aromatic rings. The van der Waals surface area contributed by atoms with Gasteiger partial charge in [0.2, 0.25) is 5.91 Å². The number of hydrogen-bond acceptors (Lipinski definition) is 7. The Hall–Kier alpha value is -1.94. The van der Waals surface area contributed by atoms with Crippen molar-refractivity contribution in [1.29, 1.82) is 0 Å². The number of nitrogens with zero attached hydrogens (tertiary/aromatic N) is 1. The minimum atomic E-state index is -3.24. The van der Waals surface area contributed by atoms with E-state index in [2.05, 4.69) is 24.1 Å². The number of carbonyl (C=O) groups excluding carboxylic acids is 1. The molecule has 0 bridgehead atoms. The van der Waals surface area contributed by atoms with Gasteiger partial charge in [-0.3, -0.25) is 4.79 Å². The number of aromatic nitrogens is 1. The average molecular weight is 479 g/mol. The maximum atomic E-state index is 12.4. The fourth-order valence-electron chi connectivity index (χ4n) is 2.77. The van der Waals surface area contributed by atoms with E-state index in [-0.39, 0.29) is 22.8 Å². The third kappa shape index (κ3) is 6.77. The molecule has 2 aromatic carbocycles. The molecule has 9 heteroatoms. The topological polar surface area (TPSA) is 85.4 Å². The molecule has 0 unspecified atom stereocenters. The average Bonchev–Trinajstić information content (AvgIpc) is 3.09. The Kier molecular flexibility index (Phi) is 7.41. The standard InChI is InChI=1S/C22H26N2O4S3/c1-22(2,28-3)11-12-29-21-24-18-10-7-16(14-19(18)30-21)23-20(25)13-15-5-8-17(9-6-15)31(4,26)27/h5-10,14H,11-13H2,1-4H3,(H,23,25). The van der Waals surface area contributed by atoms with Crippen molar-refractivity contribution in [1.82, 2.24) is 4.98 Å². The number of anilines is 1. The highest BCUT2D eigenvalue weighted by Gasteiger charge is 2.16. The zero-order chi connectivity index (χ0) is 22.6. The third-order valence-electron chi connectivity index (χ3n) is 4.85. The molecule has 6 nitrogen and oxygen atoms in total. The van der Waals surface area contributed by atoms with Gasteiger partial charge < -0.3 is 10.1 Å².